The minimum Gasteiger partial charge on any atom is -0.285 e. The molecule has 1 saturated heterocycles. The lowest BCUT2D eigenvalue weighted by Gasteiger charge is -1.94. The lowest BCUT2D eigenvalue weighted by Crippen LogP contribution is -2.15. The third-order valence-corrected chi connectivity index (χ3v) is 1.84. The molecule has 1 atom stereocenters. The van der Waals surface area contributed by atoms with E-state index in [9.17, 15) is 0 Å². The molecule has 0 radical (unpaired) electrons. The van der Waals surface area contributed by atoms with Crippen molar-refractivity contribution < 1.29 is 0 Å². The van der Waals surface area contributed by atoms with Crippen LogP contribution in [0.5, 0.6) is 0 Å². The summed E-state index contributed by atoms with van der Waals surface area (Å²) in [6.07, 6.45) is 0. The Morgan fingerprint density at radius 1 is 1.86 bits per heavy atom. The smallest absolute Gasteiger partial charge is 0.167 e. The predicted octanol–water partition coefficient (Wildman–Crippen LogP) is 0.637. The van der Waals surface area contributed by atoms with Gasteiger partial charge in [-0.15, -0.1) is 11.8 Å². The summed E-state index contributed by atoms with van der Waals surface area (Å²) in [5, 5.41) is 6.30. The molecule has 1 aliphatic rings. The second kappa shape index (κ2) is 2.28. The van der Waals surface area contributed by atoms with E-state index in [2.05, 4.69) is 10.4 Å². The Bertz CT molecular complexity index is 68.6. The van der Waals surface area contributed by atoms with Crippen LogP contribution in [0.25, 0.3) is 0 Å². The molecular formula is C3H7N3S. The van der Waals surface area contributed by atoms with Crippen molar-refractivity contribution in [2.75, 3.05) is 12.3 Å². The zero-order valence-electron chi connectivity index (χ0n) is 3.85. The van der Waals surface area contributed by atoms with Crippen LogP contribution < -0.4 is 5.32 Å². The minimum atomic E-state index is 0.0556. The molecule has 1 aliphatic heterocycles. The molecule has 3 nitrogen and oxygen atoms in total. The summed E-state index contributed by atoms with van der Waals surface area (Å²) in [6.45, 7) is 0.998. The molecule has 0 aliphatic carbocycles. The van der Waals surface area contributed by atoms with Crippen LogP contribution >= 0.6 is 11.8 Å². The number of hydrogen-bond donors (Lipinski definition) is 2. The summed E-state index contributed by atoms with van der Waals surface area (Å²) >= 11 is 1.68. The molecule has 7 heavy (non-hydrogen) atoms. The normalized spacial score (nSPS) is 30.6. The average Bonchev–Trinajstić information content (AvgIpc) is 2.14. The summed E-state index contributed by atoms with van der Waals surface area (Å²) < 4.78 is 0. The van der Waals surface area contributed by atoms with E-state index >= 15 is 0 Å². The molecule has 2 N–H and O–H groups in total. The van der Waals surface area contributed by atoms with Crippen molar-refractivity contribution in [3.8, 4) is 0 Å². The van der Waals surface area contributed by atoms with Crippen LogP contribution in [-0.4, -0.2) is 17.8 Å². The highest BCUT2D eigenvalue weighted by Crippen LogP contribution is 2.13. The van der Waals surface area contributed by atoms with Crippen molar-refractivity contribution in [1.29, 1.82) is 5.53 Å². The van der Waals surface area contributed by atoms with Crippen molar-refractivity contribution in [3.63, 3.8) is 0 Å². The standard InChI is InChI=1S/C3H7N3S/c4-6-3-5-1-2-7-3/h3-5H,1-2H2. The van der Waals surface area contributed by atoms with Gasteiger partial charge in [0.2, 0.25) is 0 Å². The summed E-state index contributed by atoms with van der Waals surface area (Å²) in [4.78, 5) is 0. The molecule has 4 heteroatoms. The maximum Gasteiger partial charge on any atom is 0.167 e. The molecule has 0 aromatic rings. The Balaban J connectivity index is 2.26. The Labute approximate surface area is 46.4 Å². The Morgan fingerprint density at radius 2 is 2.71 bits per heavy atom. The van der Waals surface area contributed by atoms with Gasteiger partial charge in [0, 0.05) is 12.3 Å². The van der Waals surface area contributed by atoms with Gasteiger partial charge in [0.1, 0.15) is 0 Å². The molecule has 0 aromatic heterocycles. The van der Waals surface area contributed by atoms with E-state index in [1.165, 1.54) is 0 Å². The molecule has 0 bridgehead atoms. The van der Waals surface area contributed by atoms with Crippen molar-refractivity contribution >= 4 is 11.8 Å². The second-order valence-corrected chi connectivity index (χ2v) is 2.49. The van der Waals surface area contributed by atoms with Crippen LogP contribution in [0.3, 0.4) is 0 Å². The van der Waals surface area contributed by atoms with E-state index in [4.69, 9.17) is 5.53 Å². The van der Waals surface area contributed by atoms with Crippen molar-refractivity contribution in [3.05, 3.63) is 0 Å². The summed E-state index contributed by atoms with van der Waals surface area (Å²) in [7, 11) is 0. The first-order valence-corrected chi connectivity index (χ1v) is 3.20. The predicted molar refractivity (Wildman–Crippen MR) is 29.4 cm³/mol. The Kier molecular flexibility index (Phi) is 1.64. The maximum atomic E-state index is 6.54. The highest BCUT2D eigenvalue weighted by atomic mass is 32.2. The highest BCUT2D eigenvalue weighted by Gasteiger charge is 2.10. The van der Waals surface area contributed by atoms with Gasteiger partial charge in [0.05, 0.1) is 0 Å². The minimum absolute atomic E-state index is 0.0556. The van der Waals surface area contributed by atoms with Gasteiger partial charge in [0.25, 0.3) is 0 Å². The van der Waals surface area contributed by atoms with Gasteiger partial charge in [-0.05, 0) is 0 Å². The van der Waals surface area contributed by atoms with Gasteiger partial charge in [-0.1, -0.05) is 0 Å². The zero-order chi connectivity index (χ0) is 5.11. The van der Waals surface area contributed by atoms with E-state index in [0.717, 1.165) is 12.3 Å². The third kappa shape index (κ3) is 1.14. The number of thioether (sulfide) groups is 1. The first kappa shape index (κ1) is 5.05. The molecule has 1 heterocycles. The summed E-state index contributed by atoms with van der Waals surface area (Å²) in [5.41, 5.74) is 6.60. The molecule has 1 rings (SSSR count). The fourth-order valence-corrected chi connectivity index (χ4v) is 1.26. The Morgan fingerprint density at radius 3 is 3.00 bits per heavy atom. The van der Waals surface area contributed by atoms with Gasteiger partial charge in [-0.25, -0.2) is 5.53 Å². The van der Waals surface area contributed by atoms with Crippen molar-refractivity contribution in [1.82, 2.24) is 5.32 Å². The molecule has 0 aromatic carbocycles. The van der Waals surface area contributed by atoms with Crippen LogP contribution in [0.15, 0.2) is 5.11 Å². The Hall–Kier alpha value is -0.0900. The number of hydrogen-bond acceptors (Lipinski definition) is 4. The molecule has 0 saturated carbocycles. The zero-order valence-corrected chi connectivity index (χ0v) is 4.66. The first-order chi connectivity index (χ1) is 3.43. The van der Waals surface area contributed by atoms with Gasteiger partial charge in [-0.3, -0.25) is 5.32 Å². The number of nitrogens with zero attached hydrogens (tertiary/aromatic N) is 1. The third-order valence-electron chi connectivity index (χ3n) is 0.814. The van der Waals surface area contributed by atoms with Crippen LogP contribution in [-0.2, 0) is 0 Å². The molecule has 0 amide bonds. The van der Waals surface area contributed by atoms with Crippen LogP contribution in [0, 0.1) is 5.53 Å². The number of rotatable bonds is 1. The fraction of sp³-hybridized carbons (Fsp3) is 1.00. The summed E-state index contributed by atoms with van der Waals surface area (Å²) in [6, 6.07) is 0. The molecule has 0 spiro atoms. The van der Waals surface area contributed by atoms with E-state index < -0.39 is 0 Å². The first-order valence-electron chi connectivity index (χ1n) is 2.15. The van der Waals surface area contributed by atoms with E-state index in [1.54, 1.807) is 11.8 Å². The van der Waals surface area contributed by atoms with Gasteiger partial charge in [0.15, 0.2) is 5.50 Å². The second-order valence-electron chi connectivity index (χ2n) is 1.31. The maximum absolute atomic E-state index is 6.54. The summed E-state index contributed by atoms with van der Waals surface area (Å²) in [5.74, 6) is 1.09. The van der Waals surface area contributed by atoms with Gasteiger partial charge < -0.3 is 0 Å². The molecule has 40 valence electrons. The quantitative estimate of drug-likeness (QED) is 0.495. The van der Waals surface area contributed by atoms with Crippen LogP contribution in [0.1, 0.15) is 0 Å². The number of nitrogens with one attached hydrogen (secondary N) is 2. The van der Waals surface area contributed by atoms with Crippen LogP contribution in [0.2, 0.25) is 0 Å². The van der Waals surface area contributed by atoms with E-state index in [-0.39, 0.29) is 5.50 Å². The lowest BCUT2D eigenvalue weighted by atomic mass is 10.8. The lowest BCUT2D eigenvalue weighted by molar-refractivity contribution is 0.693. The van der Waals surface area contributed by atoms with Crippen molar-refractivity contribution in [2.24, 2.45) is 5.11 Å². The fourth-order valence-electron chi connectivity index (χ4n) is 0.495. The van der Waals surface area contributed by atoms with Gasteiger partial charge in [-0.2, -0.15) is 5.11 Å². The molecule has 1 fully saturated rings. The van der Waals surface area contributed by atoms with E-state index in [0.29, 0.717) is 0 Å². The topological polar surface area (TPSA) is 48.2 Å². The monoisotopic (exact) mass is 117 g/mol. The van der Waals surface area contributed by atoms with Crippen molar-refractivity contribution in [2.45, 2.75) is 5.50 Å². The molecular weight excluding hydrogens is 110 g/mol. The van der Waals surface area contributed by atoms with Crippen LogP contribution in [0.4, 0.5) is 0 Å². The molecule has 1 unspecified atom stereocenters. The largest absolute Gasteiger partial charge is 0.285 e. The SMILES string of the molecule is N=NC1NCCS1. The average molecular weight is 117 g/mol. The highest BCUT2D eigenvalue weighted by molar-refractivity contribution is 8.00. The van der Waals surface area contributed by atoms with E-state index in [1.807, 2.05) is 0 Å². The van der Waals surface area contributed by atoms with Gasteiger partial charge >= 0.3 is 0 Å².